The van der Waals surface area contributed by atoms with Gasteiger partial charge in [0.05, 0.1) is 0 Å². The van der Waals surface area contributed by atoms with E-state index in [2.05, 4.69) is 60.7 Å². The predicted octanol–water partition coefficient (Wildman–Crippen LogP) is 4.19. The van der Waals surface area contributed by atoms with Crippen LogP contribution in [0.15, 0.2) is 60.7 Å². The van der Waals surface area contributed by atoms with Crippen molar-refractivity contribution in [3.05, 3.63) is 77.7 Å². The van der Waals surface area contributed by atoms with Crippen LogP contribution in [0.4, 0.5) is 0 Å². The van der Waals surface area contributed by atoms with Gasteiger partial charge in [-0.05, 0) is 29.9 Å². The first-order valence-electron chi connectivity index (χ1n) is 5.91. The van der Waals surface area contributed by atoms with Crippen LogP contribution in [0.3, 0.4) is 0 Å². The molecule has 1 unspecified atom stereocenters. The molecule has 1 saturated carbocycles. The zero-order chi connectivity index (χ0) is 10.8. The molecule has 1 aliphatic rings. The fourth-order valence-electron chi connectivity index (χ4n) is 2.48. The van der Waals surface area contributed by atoms with E-state index in [9.17, 15) is 0 Å². The minimum atomic E-state index is 0.656. The van der Waals surface area contributed by atoms with E-state index in [-0.39, 0.29) is 0 Å². The summed E-state index contributed by atoms with van der Waals surface area (Å²) in [6.45, 7) is 0. The first kappa shape index (κ1) is 9.65. The third-order valence-electron chi connectivity index (χ3n) is 3.47. The first-order valence-corrected chi connectivity index (χ1v) is 5.91. The highest BCUT2D eigenvalue weighted by Crippen LogP contribution is 2.47. The maximum atomic E-state index is 2.24. The maximum Gasteiger partial charge on any atom is 0.0124 e. The standard InChI is InChI=1S/C16H15/c1-3-7-13(8-4-1)15-11-12-16(15)14-9-5-2-6-10-14/h1-10,15H,11-12H2. The van der Waals surface area contributed by atoms with Crippen molar-refractivity contribution in [2.24, 2.45) is 0 Å². The van der Waals surface area contributed by atoms with Gasteiger partial charge in [0.1, 0.15) is 0 Å². The average molecular weight is 207 g/mol. The van der Waals surface area contributed by atoms with Crippen molar-refractivity contribution in [1.29, 1.82) is 0 Å². The van der Waals surface area contributed by atoms with Crippen molar-refractivity contribution in [2.75, 3.05) is 0 Å². The highest BCUT2D eigenvalue weighted by molar-refractivity contribution is 5.42. The van der Waals surface area contributed by atoms with E-state index >= 15 is 0 Å². The summed E-state index contributed by atoms with van der Waals surface area (Å²) in [5.74, 6) is 2.26. The molecular formula is C16H15. The molecule has 0 heterocycles. The maximum absolute atomic E-state index is 2.24. The normalized spacial score (nSPS) is 20.4. The SMILES string of the molecule is c1ccc([C]2CCC2c2ccccc2)cc1. The molecule has 0 aromatic heterocycles. The van der Waals surface area contributed by atoms with Gasteiger partial charge in [0.25, 0.3) is 0 Å². The highest BCUT2D eigenvalue weighted by Gasteiger charge is 2.33. The lowest BCUT2D eigenvalue weighted by atomic mass is 9.67. The fraction of sp³-hybridized carbons (Fsp3) is 0.188. The average Bonchev–Trinajstić information content (AvgIpc) is 2.30. The second-order valence-corrected chi connectivity index (χ2v) is 4.39. The summed E-state index contributed by atoms with van der Waals surface area (Å²) < 4.78 is 0. The molecule has 3 rings (SSSR count). The van der Waals surface area contributed by atoms with Gasteiger partial charge in [0, 0.05) is 5.92 Å². The van der Waals surface area contributed by atoms with Gasteiger partial charge in [-0.3, -0.25) is 0 Å². The third-order valence-corrected chi connectivity index (χ3v) is 3.47. The summed E-state index contributed by atoms with van der Waals surface area (Å²) in [7, 11) is 0. The molecule has 16 heavy (non-hydrogen) atoms. The van der Waals surface area contributed by atoms with Crippen molar-refractivity contribution in [1.82, 2.24) is 0 Å². The van der Waals surface area contributed by atoms with E-state index in [1.54, 1.807) is 5.92 Å². The summed E-state index contributed by atoms with van der Waals surface area (Å²) in [5, 5.41) is 0. The summed E-state index contributed by atoms with van der Waals surface area (Å²) in [4.78, 5) is 0. The Bertz CT molecular complexity index is 398. The van der Waals surface area contributed by atoms with Crippen LogP contribution in [-0.4, -0.2) is 0 Å². The summed E-state index contributed by atoms with van der Waals surface area (Å²) in [6, 6.07) is 21.6. The lowest BCUT2D eigenvalue weighted by molar-refractivity contribution is 0.489. The third kappa shape index (κ3) is 1.65. The molecule has 0 aliphatic heterocycles. The zero-order valence-electron chi connectivity index (χ0n) is 9.27. The van der Waals surface area contributed by atoms with Gasteiger partial charge >= 0.3 is 0 Å². The summed E-state index contributed by atoms with van der Waals surface area (Å²) in [6.07, 6.45) is 2.55. The molecular weight excluding hydrogens is 192 g/mol. The Kier molecular flexibility index (Phi) is 2.49. The van der Waals surface area contributed by atoms with E-state index in [1.807, 2.05) is 0 Å². The highest BCUT2D eigenvalue weighted by atomic mass is 14.4. The number of benzene rings is 2. The monoisotopic (exact) mass is 207 g/mol. The minimum absolute atomic E-state index is 0.656. The van der Waals surface area contributed by atoms with Crippen LogP contribution in [0.5, 0.6) is 0 Å². The quantitative estimate of drug-likeness (QED) is 0.692. The Labute approximate surface area is 96.9 Å². The number of rotatable bonds is 2. The molecule has 0 bridgehead atoms. The van der Waals surface area contributed by atoms with E-state index < -0.39 is 0 Å². The summed E-state index contributed by atoms with van der Waals surface area (Å²) in [5.41, 5.74) is 2.88. The van der Waals surface area contributed by atoms with Crippen molar-refractivity contribution in [3.63, 3.8) is 0 Å². The molecule has 1 atom stereocenters. The molecule has 2 aromatic carbocycles. The Hall–Kier alpha value is -1.56. The largest absolute Gasteiger partial charge is 0.0622 e. The first-order chi connectivity index (χ1) is 7.95. The Morgan fingerprint density at radius 2 is 1.38 bits per heavy atom. The topological polar surface area (TPSA) is 0 Å². The fourth-order valence-corrected chi connectivity index (χ4v) is 2.48. The van der Waals surface area contributed by atoms with Crippen LogP contribution < -0.4 is 0 Å². The second-order valence-electron chi connectivity index (χ2n) is 4.39. The van der Waals surface area contributed by atoms with E-state index in [0.717, 1.165) is 0 Å². The Balaban J connectivity index is 1.85. The second kappa shape index (κ2) is 4.13. The molecule has 0 nitrogen and oxygen atoms in total. The molecule has 1 fully saturated rings. The molecule has 0 saturated heterocycles. The molecule has 1 aliphatic carbocycles. The van der Waals surface area contributed by atoms with Crippen molar-refractivity contribution >= 4 is 0 Å². The molecule has 0 spiro atoms. The van der Waals surface area contributed by atoms with Gasteiger partial charge in [-0.25, -0.2) is 0 Å². The van der Waals surface area contributed by atoms with Gasteiger partial charge in [-0.1, -0.05) is 60.7 Å². The van der Waals surface area contributed by atoms with Gasteiger partial charge in [0.15, 0.2) is 0 Å². The van der Waals surface area contributed by atoms with E-state index in [4.69, 9.17) is 0 Å². The van der Waals surface area contributed by atoms with Gasteiger partial charge in [-0.2, -0.15) is 0 Å². The molecule has 0 heteroatoms. The summed E-state index contributed by atoms with van der Waals surface area (Å²) >= 11 is 0. The van der Waals surface area contributed by atoms with Crippen LogP contribution in [-0.2, 0) is 0 Å². The van der Waals surface area contributed by atoms with Gasteiger partial charge < -0.3 is 0 Å². The predicted molar refractivity (Wildman–Crippen MR) is 67.2 cm³/mol. The smallest absolute Gasteiger partial charge is 0.0124 e. The van der Waals surface area contributed by atoms with Crippen molar-refractivity contribution in [3.8, 4) is 0 Å². The Morgan fingerprint density at radius 1 is 0.750 bits per heavy atom. The van der Waals surface area contributed by atoms with Gasteiger partial charge in [0.2, 0.25) is 0 Å². The van der Waals surface area contributed by atoms with Crippen LogP contribution in [0.25, 0.3) is 0 Å². The molecule has 0 N–H and O–H groups in total. The molecule has 79 valence electrons. The molecule has 0 amide bonds. The number of hydrogen-bond acceptors (Lipinski definition) is 0. The van der Waals surface area contributed by atoms with Crippen molar-refractivity contribution in [2.45, 2.75) is 18.8 Å². The van der Waals surface area contributed by atoms with Crippen LogP contribution in [0.2, 0.25) is 0 Å². The van der Waals surface area contributed by atoms with Crippen molar-refractivity contribution < 1.29 is 0 Å². The van der Waals surface area contributed by atoms with Crippen LogP contribution in [0, 0.1) is 5.92 Å². The molecule has 1 radical (unpaired) electrons. The van der Waals surface area contributed by atoms with Crippen LogP contribution >= 0.6 is 0 Å². The van der Waals surface area contributed by atoms with Crippen LogP contribution in [0.1, 0.15) is 29.9 Å². The van der Waals surface area contributed by atoms with Gasteiger partial charge in [-0.15, -0.1) is 0 Å². The number of hydrogen-bond donors (Lipinski definition) is 0. The van der Waals surface area contributed by atoms with E-state index in [0.29, 0.717) is 5.92 Å². The minimum Gasteiger partial charge on any atom is -0.0622 e. The lowest BCUT2D eigenvalue weighted by Crippen LogP contribution is -2.22. The molecule has 2 aromatic rings. The Morgan fingerprint density at radius 3 is 1.94 bits per heavy atom. The van der Waals surface area contributed by atoms with E-state index in [1.165, 1.54) is 24.0 Å². The zero-order valence-corrected chi connectivity index (χ0v) is 9.27. The lowest BCUT2D eigenvalue weighted by Gasteiger charge is -2.36.